The molecule has 0 aliphatic rings. The number of carbonyl (C=O) groups excluding carboxylic acids is 1. The second-order valence-corrected chi connectivity index (χ2v) is 5.43. The van der Waals surface area contributed by atoms with Gasteiger partial charge in [0, 0.05) is 16.2 Å². The highest BCUT2D eigenvalue weighted by Gasteiger charge is 2.09. The van der Waals surface area contributed by atoms with Crippen LogP contribution in [0.2, 0.25) is 0 Å². The maximum atomic E-state index is 12.0. The van der Waals surface area contributed by atoms with Crippen LogP contribution in [0, 0.1) is 0 Å². The van der Waals surface area contributed by atoms with Gasteiger partial charge in [-0.2, -0.15) is 0 Å². The van der Waals surface area contributed by atoms with Crippen LogP contribution in [0.4, 0.5) is 5.82 Å². The Balaban J connectivity index is 2.18. The van der Waals surface area contributed by atoms with Gasteiger partial charge in [-0.3, -0.25) is 4.79 Å². The standard InChI is InChI=1S/C13H10Br2N2O2/c1-19-11-3-2-8(6-10(11)15)13(18)17-12-7-9(14)4-5-16-12/h2-7H,1H3,(H,16,17,18). The van der Waals surface area contributed by atoms with Crippen molar-refractivity contribution in [1.82, 2.24) is 4.98 Å². The van der Waals surface area contributed by atoms with Gasteiger partial charge in [-0.05, 0) is 46.3 Å². The zero-order valence-corrected chi connectivity index (χ0v) is 13.2. The van der Waals surface area contributed by atoms with Gasteiger partial charge >= 0.3 is 0 Å². The highest BCUT2D eigenvalue weighted by molar-refractivity contribution is 9.10. The number of benzene rings is 1. The van der Waals surface area contributed by atoms with Crippen molar-refractivity contribution in [3.05, 3.63) is 51.0 Å². The molecule has 0 fully saturated rings. The lowest BCUT2D eigenvalue weighted by Gasteiger charge is -2.07. The molecule has 0 saturated heterocycles. The number of halogens is 2. The lowest BCUT2D eigenvalue weighted by molar-refractivity contribution is 0.102. The van der Waals surface area contributed by atoms with Gasteiger partial charge < -0.3 is 10.1 Å². The van der Waals surface area contributed by atoms with Crippen molar-refractivity contribution in [2.45, 2.75) is 0 Å². The van der Waals surface area contributed by atoms with Gasteiger partial charge in [-0.15, -0.1) is 0 Å². The van der Waals surface area contributed by atoms with Crippen molar-refractivity contribution in [3.8, 4) is 5.75 Å². The van der Waals surface area contributed by atoms with Crippen LogP contribution >= 0.6 is 31.9 Å². The Hall–Kier alpha value is -1.40. The number of pyridine rings is 1. The van der Waals surface area contributed by atoms with Crippen LogP contribution in [-0.4, -0.2) is 18.0 Å². The summed E-state index contributed by atoms with van der Waals surface area (Å²) in [5, 5.41) is 2.72. The molecule has 0 radical (unpaired) electrons. The van der Waals surface area contributed by atoms with E-state index in [-0.39, 0.29) is 5.91 Å². The van der Waals surface area contributed by atoms with Crippen LogP contribution in [0.15, 0.2) is 45.5 Å². The van der Waals surface area contributed by atoms with E-state index >= 15 is 0 Å². The molecule has 6 heteroatoms. The summed E-state index contributed by atoms with van der Waals surface area (Å²) in [6.07, 6.45) is 1.61. The molecular formula is C13H10Br2N2O2. The minimum Gasteiger partial charge on any atom is -0.496 e. The van der Waals surface area contributed by atoms with Gasteiger partial charge in [0.2, 0.25) is 0 Å². The highest BCUT2D eigenvalue weighted by atomic mass is 79.9. The van der Waals surface area contributed by atoms with Gasteiger partial charge in [0.25, 0.3) is 5.91 Å². The zero-order valence-electron chi connectivity index (χ0n) is 9.98. The summed E-state index contributed by atoms with van der Waals surface area (Å²) < 4.78 is 6.70. The number of hydrogen-bond donors (Lipinski definition) is 1. The number of aromatic nitrogens is 1. The summed E-state index contributed by atoms with van der Waals surface area (Å²) in [5.74, 6) is 0.942. The maximum absolute atomic E-state index is 12.0. The molecule has 2 aromatic rings. The molecule has 1 aromatic carbocycles. The zero-order chi connectivity index (χ0) is 13.8. The van der Waals surface area contributed by atoms with E-state index in [0.717, 1.165) is 8.95 Å². The Morgan fingerprint density at radius 3 is 2.68 bits per heavy atom. The number of anilines is 1. The minimum atomic E-state index is -0.228. The van der Waals surface area contributed by atoms with Gasteiger partial charge in [-0.25, -0.2) is 4.98 Å². The SMILES string of the molecule is COc1ccc(C(=O)Nc2cc(Br)ccn2)cc1Br. The average Bonchev–Trinajstić information content (AvgIpc) is 2.38. The Kier molecular flexibility index (Phi) is 4.55. The number of methoxy groups -OCH3 is 1. The molecular weight excluding hydrogens is 376 g/mol. The molecule has 0 atom stereocenters. The van der Waals surface area contributed by atoms with Crippen LogP contribution in [0.25, 0.3) is 0 Å². The third kappa shape index (κ3) is 3.54. The summed E-state index contributed by atoms with van der Waals surface area (Å²) in [7, 11) is 1.57. The summed E-state index contributed by atoms with van der Waals surface area (Å²) in [6.45, 7) is 0. The predicted molar refractivity (Wildman–Crippen MR) is 80.6 cm³/mol. The Bertz CT molecular complexity index is 617. The first-order valence-corrected chi connectivity index (χ1v) is 6.95. The van der Waals surface area contributed by atoms with E-state index in [1.807, 2.05) is 0 Å². The first-order chi connectivity index (χ1) is 9.10. The normalized spacial score (nSPS) is 10.1. The Morgan fingerprint density at radius 2 is 2.05 bits per heavy atom. The molecule has 19 heavy (non-hydrogen) atoms. The van der Waals surface area contributed by atoms with Gasteiger partial charge in [-0.1, -0.05) is 15.9 Å². The van der Waals surface area contributed by atoms with Crippen molar-refractivity contribution in [3.63, 3.8) is 0 Å². The van der Waals surface area contributed by atoms with E-state index in [9.17, 15) is 4.79 Å². The van der Waals surface area contributed by atoms with E-state index < -0.39 is 0 Å². The number of nitrogens with zero attached hydrogens (tertiary/aromatic N) is 1. The second kappa shape index (κ2) is 6.16. The first-order valence-electron chi connectivity index (χ1n) is 5.36. The number of rotatable bonds is 3. The molecule has 98 valence electrons. The molecule has 4 nitrogen and oxygen atoms in total. The first kappa shape index (κ1) is 14.0. The van der Waals surface area contributed by atoms with E-state index in [1.165, 1.54) is 0 Å². The molecule has 0 bridgehead atoms. The molecule has 1 N–H and O–H groups in total. The third-order valence-corrected chi connectivity index (χ3v) is 3.49. The largest absolute Gasteiger partial charge is 0.496 e. The maximum Gasteiger partial charge on any atom is 0.256 e. The minimum absolute atomic E-state index is 0.228. The molecule has 2 rings (SSSR count). The fourth-order valence-electron chi connectivity index (χ4n) is 1.47. The summed E-state index contributed by atoms with van der Waals surface area (Å²) in [4.78, 5) is 16.1. The monoisotopic (exact) mass is 384 g/mol. The van der Waals surface area contributed by atoms with Crippen molar-refractivity contribution < 1.29 is 9.53 Å². The molecule has 0 saturated carbocycles. The van der Waals surface area contributed by atoms with E-state index in [2.05, 4.69) is 42.2 Å². The second-order valence-electron chi connectivity index (χ2n) is 3.66. The lowest BCUT2D eigenvalue weighted by atomic mass is 10.2. The van der Waals surface area contributed by atoms with Crippen LogP contribution < -0.4 is 10.1 Å². The van der Waals surface area contributed by atoms with E-state index in [4.69, 9.17) is 4.74 Å². The van der Waals surface area contributed by atoms with Crippen LogP contribution in [-0.2, 0) is 0 Å². The topological polar surface area (TPSA) is 51.2 Å². The summed E-state index contributed by atoms with van der Waals surface area (Å²) in [5.41, 5.74) is 0.523. The number of nitrogens with one attached hydrogen (secondary N) is 1. The van der Waals surface area contributed by atoms with Crippen molar-refractivity contribution in [1.29, 1.82) is 0 Å². The summed E-state index contributed by atoms with van der Waals surface area (Å²) in [6, 6.07) is 8.65. The third-order valence-electron chi connectivity index (χ3n) is 2.38. The van der Waals surface area contributed by atoms with E-state index in [0.29, 0.717) is 17.1 Å². The predicted octanol–water partition coefficient (Wildman–Crippen LogP) is 3.87. The molecule has 1 amide bonds. The van der Waals surface area contributed by atoms with Crippen LogP contribution in [0.5, 0.6) is 5.75 Å². The smallest absolute Gasteiger partial charge is 0.256 e. The summed E-state index contributed by atoms with van der Waals surface area (Å²) >= 11 is 6.67. The molecule has 1 aromatic heterocycles. The molecule has 0 spiro atoms. The highest BCUT2D eigenvalue weighted by Crippen LogP contribution is 2.25. The fraction of sp³-hybridized carbons (Fsp3) is 0.0769. The van der Waals surface area contributed by atoms with Gasteiger partial charge in [0.05, 0.1) is 11.6 Å². The fourth-order valence-corrected chi connectivity index (χ4v) is 2.34. The quantitative estimate of drug-likeness (QED) is 0.872. The van der Waals surface area contributed by atoms with Gasteiger partial charge in [0.1, 0.15) is 11.6 Å². The molecule has 0 aliphatic heterocycles. The van der Waals surface area contributed by atoms with Gasteiger partial charge in [0.15, 0.2) is 0 Å². The van der Waals surface area contributed by atoms with E-state index in [1.54, 1.807) is 43.6 Å². The van der Waals surface area contributed by atoms with Crippen LogP contribution in [0.3, 0.4) is 0 Å². The number of amides is 1. The van der Waals surface area contributed by atoms with Crippen molar-refractivity contribution >= 4 is 43.6 Å². The van der Waals surface area contributed by atoms with Crippen molar-refractivity contribution in [2.24, 2.45) is 0 Å². The molecule has 1 heterocycles. The molecule has 0 aliphatic carbocycles. The van der Waals surface area contributed by atoms with Crippen LogP contribution in [0.1, 0.15) is 10.4 Å². The average molecular weight is 386 g/mol. The number of ether oxygens (including phenoxy) is 1. The number of hydrogen-bond acceptors (Lipinski definition) is 3. The number of carbonyl (C=O) groups is 1. The Labute approximate surface area is 127 Å². The molecule has 0 unspecified atom stereocenters. The lowest BCUT2D eigenvalue weighted by Crippen LogP contribution is -2.12. The Morgan fingerprint density at radius 1 is 1.26 bits per heavy atom. The van der Waals surface area contributed by atoms with Crippen molar-refractivity contribution in [2.75, 3.05) is 12.4 Å².